The number of aliphatic hydroxyl groups excluding tert-OH is 1. The van der Waals surface area contributed by atoms with Crippen molar-refractivity contribution < 1.29 is 5.11 Å². The lowest BCUT2D eigenvalue weighted by Gasteiger charge is -2.03. The maximum Gasteiger partial charge on any atom is 0.294 e. The van der Waals surface area contributed by atoms with E-state index in [4.69, 9.17) is 17.3 Å². The van der Waals surface area contributed by atoms with Crippen LogP contribution in [0, 0.1) is 11.7 Å². The molecule has 26 heavy (non-hydrogen) atoms. The van der Waals surface area contributed by atoms with Gasteiger partial charge >= 0.3 is 0 Å². The first-order chi connectivity index (χ1) is 12.5. The molecule has 0 atom stereocenters. The van der Waals surface area contributed by atoms with E-state index in [1.165, 1.54) is 4.68 Å². The van der Waals surface area contributed by atoms with Gasteiger partial charge in [-0.25, -0.2) is 4.68 Å². The van der Waals surface area contributed by atoms with Gasteiger partial charge in [0.2, 0.25) is 0 Å². The van der Waals surface area contributed by atoms with Crippen molar-refractivity contribution in [3.8, 4) is 11.4 Å². The first kappa shape index (κ1) is 18.0. The quantitative estimate of drug-likeness (QED) is 0.455. The number of nitrogens with zero attached hydrogens (tertiary/aromatic N) is 5. The van der Waals surface area contributed by atoms with E-state index in [-0.39, 0.29) is 24.4 Å². The van der Waals surface area contributed by atoms with E-state index in [1.54, 1.807) is 19.1 Å². The van der Waals surface area contributed by atoms with Gasteiger partial charge in [-0.3, -0.25) is 15.0 Å². The molecule has 0 aliphatic rings. The summed E-state index contributed by atoms with van der Waals surface area (Å²) in [5, 5.41) is 27.0. The van der Waals surface area contributed by atoms with Gasteiger partial charge in [0.25, 0.3) is 5.56 Å². The fraction of sp³-hybridized carbons (Fsp3) is 0.312. The molecule has 0 fully saturated rings. The molecule has 3 N–H and O–H groups in total. The van der Waals surface area contributed by atoms with E-state index in [0.717, 1.165) is 17.9 Å². The summed E-state index contributed by atoms with van der Waals surface area (Å²) >= 11 is 5.20. The fourth-order valence-corrected chi connectivity index (χ4v) is 2.85. The Bertz CT molecular complexity index is 1040. The number of aryl methyl sites for hydroxylation is 1. The Hall–Kier alpha value is -2.85. The lowest BCUT2D eigenvalue weighted by Crippen LogP contribution is -2.18. The largest absolute Gasteiger partial charge is 0.394 e. The van der Waals surface area contributed by atoms with Crippen molar-refractivity contribution in [1.29, 1.82) is 0 Å². The summed E-state index contributed by atoms with van der Waals surface area (Å²) in [5.41, 5.74) is 2.04. The number of H-pyrrole nitrogens is 2. The Kier molecular flexibility index (Phi) is 5.24. The number of hydrogen-bond acceptors (Lipinski definition) is 6. The van der Waals surface area contributed by atoms with Crippen LogP contribution in [0.15, 0.2) is 39.3 Å². The zero-order chi connectivity index (χ0) is 18.7. The average molecular weight is 373 g/mol. The van der Waals surface area contributed by atoms with Gasteiger partial charge in [-0.1, -0.05) is 0 Å². The Labute approximate surface area is 154 Å². The van der Waals surface area contributed by atoms with Crippen molar-refractivity contribution in [3.63, 3.8) is 0 Å². The molecule has 0 aliphatic carbocycles. The number of azo groups is 1. The second kappa shape index (κ2) is 7.58. The summed E-state index contributed by atoms with van der Waals surface area (Å²) in [5.74, 6) is 0.759. The highest BCUT2D eigenvalue weighted by Gasteiger charge is 2.10. The molecule has 0 radical (unpaired) electrons. The predicted molar refractivity (Wildman–Crippen MR) is 99.6 cm³/mol. The maximum atomic E-state index is 12.2. The van der Waals surface area contributed by atoms with Crippen molar-refractivity contribution in [3.05, 3.63) is 45.1 Å². The molecule has 3 rings (SSSR count). The van der Waals surface area contributed by atoms with Gasteiger partial charge in [0.1, 0.15) is 0 Å². The molecule has 0 saturated heterocycles. The van der Waals surface area contributed by atoms with Crippen LogP contribution < -0.4 is 5.56 Å². The van der Waals surface area contributed by atoms with Crippen LogP contribution in [0.5, 0.6) is 0 Å². The van der Waals surface area contributed by atoms with Crippen LogP contribution in [0.3, 0.4) is 0 Å². The number of aliphatic hydroxyl groups is 1. The number of nitrogens with one attached hydrogen (secondary N) is 2. The van der Waals surface area contributed by atoms with Crippen LogP contribution in [0.2, 0.25) is 0 Å². The van der Waals surface area contributed by atoms with Crippen molar-refractivity contribution in [1.82, 2.24) is 24.5 Å². The van der Waals surface area contributed by atoms with Crippen molar-refractivity contribution in [2.24, 2.45) is 10.2 Å². The maximum absolute atomic E-state index is 12.2. The third kappa shape index (κ3) is 3.41. The molecule has 0 spiro atoms. The molecule has 136 valence electrons. The van der Waals surface area contributed by atoms with E-state index in [0.29, 0.717) is 16.2 Å². The predicted octanol–water partition coefficient (Wildman–Crippen LogP) is 2.83. The summed E-state index contributed by atoms with van der Waals surface area (Å²) in [6.07, 6.45) is 0. The molecule has 3 aromatic rings. The lowest BCUT2D eigenvalue weighted by molar-refractivity contribution is 0.267. The normalized spacial score (nSPS) is 11.5. The molecular weight excluding hydrogens is 354 g/mol. The molecular formula is C16H19N7O2S. The summed E-state index contributed by atoms with van der Waals surface area (Å²) in [6.45, 7) is 4.52. The zero-order valence-electron chi connectivity index (χ0n) is 14.4. The van der Waals surface area contributed by atoms with E-state index in [9.17, 15) is 4.79 Å². The minimum Gasteiger partial charge on any atom is -0.394 e. The third-order valence-electron chi connectivity index (χ3n) is 3.89. The Morgan fingerprint density at radius 3 is 2.65 bits per heavy atom. The van der Waals surface area contributed by atoms with E-state index >= 15 is 0 Å². The van der Waals surface area contributed by atoms with Gasteiger partial charge in [-0.15, -0.1) is 5.11 Å². The van der Waals surface area contributed by atoms with Crippen LogP contribution in [-0.2, 0) is 13.1 Å². The zero-order valence-corrected chi connectivity index (χ0v) is 15.2. The number of benzene rings is 1. The molecule has 0 aliphatic heterocycles. The lowest BCUT2D eigenvalue weighted by atomic mass is 10.2. The topological polar surface area (TPSA) is 116 Å². The SMILES string of the molecule is CCn1c(-c2ccc(N=Nc3c(C)[nH]n(CCO)c3=O)cc2)n[nH]c1=S. The van der Waals surface area contributed by atoms with Gasteiger partial charge in [-0.2, -0.15) is 10.2 Å². The number of aromatic nitrogens is 5. The Morgan fingerprint density at radius 2 is 2.00 bits per heavy atom. The van der Waals surface area contributed by atoms with Crippen molar-refractivity contribution in [2.45, 2.75) is 26.9 Å². The summed E-state index contributed by atoms with van der Waals surface area (Å²) in [4.78, 5) is 12.2. The number of aromatic amines is 2. The molecule has 2 heterocycles. The molecule has 0 saturated carbocycles. The minimum absolute atomic E-state index is 0.130. The third-order valence-corrected chi connectivity index (χ3v) is 4.21. The van der Waals surface area contributed by atoms with Crippen LogP contribution in [0.25, 0.3) is 11.4 Å². The highest BCUT2D eigenvalue weighted by molar-refractivity contribution is 7.71. The highest BCUT2D eigenvalue weighted by Crippen LogP contribution is 2.23. The van der Waals surface area contributed by atoms with Gasteiger partial charge in [0.15, 0.2) is 16.3 Å². The molecule has 2 aromatic heterocycles. The van der Waals surface area contributed by atoms with Crippen LogP contribution in [-0.4, -0.2) is 36.3 Å². The van der Waals surface area contributed by atoms with Crippen molar-refractivity contribution in [2.75, 3.05) is 6.61 Å². The first-order valence-corrected chi connectivity index (χ1v) is 8.53. The van der Waals surface area contributed by atoms with Gasteiger partial charge in [-0.05, 0) is 50.3 Å². The van der Waals surface area contributed by atoms with Gasteiger partial charge < -0.3 is 9.67 Å². The summed E-state index contributed by atoms with van der Waals surface area (Å²) in [7, 11) is 0. The van der Waals surface area contributed by atoms with Crippen LogP contribution >= 0.6 is 12.2 Å². The molecule has 9 nitrogen and oxygen atoms in total. The van der Waals surface area contributed by atoms with Crippen LogP contribution in [0.1, 0.15) is 12.6 Å². The summed E-state index contributed by atoms with van der Waals surface area (Å²) in [6, 6.07) is 7.34. The standard InChI is InChI=1S/C16H19N7O2S/c1-3-22-14(19-20-16(22)26)11-4-6-12(7-5-11)17-18-13-10(2)21-23(8-9-24)15(13)25/h4-7,21,24H,3,8-9H2,1-2H3,(H,20,26). The monoisotopic (exact) mass is 373 g/mol. The second-order valence-electron chi connectivity index (χ2n) is 5.61. The van der Waals surface area contributed by atoms with Gasteiger partial charge in [0, 0.05) is 12.1 Å². The van der Waals surface area contributed by atoms with E-state index < -0.39 is 0 Å². The number of hydrogen-bond donors (Lipinski definition) is 3. The number of rotatable bonds is 6. The molecule has 10 heteroatoms. The minimum atomic E-state index is -0.310. The van der Waals surface area contributed by atoms with E-state index in [1.807, 2.05) is 23.6 Å². The molecule has 0 unspecified atom stereocenters. The second-order valence-corrected chi connectivity index (χ2v) is 6.00. The fourth-order valence-electron chi connectivity index (χ4n) is 2.59. The first-order valence-electron chi connectivity index (χ1n) is 8.12. The Balaban J connectivity index is 1.85. The smallest absolute Gasteiger partial charge is 0.294 e. The van der Waals surface area contributed by atoms with Crippen LogP contribution in [0.4, 0.5) is 11.4 Å². The molecule has 0 amide bonds. The molecule has 0 bridgehead atoms. The van der Waals surface area contributed by atoms with E-state index in [2.05, 4.69) is 25.5 Å². The summed E-state index contributed by atoms with van der Waals surface area (Å²) < 4.78 is 3.78. The van der Waals surface area contributed by atoms with Crippen molar-refractivity contribution >= 4 is 23.6 Å². The molecule has 1 aromatic carbocycles. The Morgan fingerprint density at radius 1 is 1.27 bits per heavy atom. The highest BCUT2D eigenvalue weighted by atomic mass is 32.1. The van der Waals surface area contributed by atoms with Gasteiger partial charge in [0.05, 0.1) is 24.5 Å². The average Bonchev–Trinajstić information content (AvgIpc) is 3.14.